The van der Waals surface area contributed by atoms with E-state index in [4.69, 9.17) is 16.3 Å². The molecule has 1 N–H and O–H groups in total. The highest BCUT2D eigenvalue weighted by Gasteiger charge is 2.32. The van der Waals surface area contributed by atoms with E-state index in [1.165, 1.54) is 6.07 Å². The van der Waals surface area contributed by atoms with Crippen molar-refractivity contribution >= 4 is 23.2 Å². The number of unbranched alkanes of at least 4 members (excludes halogenated alkanes) is 2. The van der Waals surface area contributed by atoms with Gasteiger partial charge in [0.05, 0.1) is 6.61 Å². The van der Waals surface area contributed by atoms with E-state index in [1.54, 1.807) is 18.2 Å². The van der Waals surface area contributed by atoms with E-state index < -0.39 is 11.9 Å². The zero-order valence-electron chi connectivity index (χ0n) is 13.9. The Labute approximate surface area is 154 Å². The number of anilines is 1. The van der Waals surface area contributed by atoms with Gasteiger partial charge in [0.2, 0.25) is 5.91 Å². The Bertz CT molecular complexity index is 738. The Morgan fingerprint density at radius 2 is 1.96 bits per heavy atom. The average Bonchev–Trinajstić information content (AvgIpc) is 2.57. The number of carbonyl (C=O) groups excluding carboxylic acids is 1. The van der Waals surface area contributed by atoms with Gasteiger partial charge in [0.1, 0.15) is 11.4 Å². The van der Waals surface area contributed by atoms with Gasteiger partial charge >= 0.3 is 6.18 Å². The molecule has 4 nitrogen and oxygen atoms in total. The number of nitrogens with one attached hydrogen (secondary N) is 1. The van der Waals surface area contributed by atoms with E-state index in [-0.39, 0.29) is 18.0 Å². The van der Waals surface area contributed by atoms with Crippen LogP contribution in [0.3, 0.4) is 0 Å². The molecule has 0 saturated carbocycles. The van der Waals surface area contributed by atoms with Crippen molar-refractivity contribution in [2.45, 2.75) is 31.9 Å². The first-order valence-electron chi connectivity index (χ1n) is 8.06. The standard InChI is InChI=1S/C18H18ClF3N2O2/c19-13-5-4-6-15(11-13)26-10-3-1-2-7-17(25)24-14-8-9-23-16(12-14)18(20,21)22/h4-6,8-9,11-12H,1-3,7,10H2,(H,23,24,25). The number of rotatable bonds is 8. The summed E-state index contributed by atoms with van der Waals surface area (Å²) in [6.45, 7) is 0.501. The molecular formula is C18H18ClF3N2O2. The molecule has 0 radical (unpaired) electrons. The van der Waals surface area contributed by atoms with Gasteiger partial charge in [0, 0.05) is 23.3 Å². The first-order chi connectivity index (χ1) is 12.3. The molecule has 26 heavy (non-hydrogen) atoms. The molecule has 1 heterocycles. The molecule has 0 bridgehead atoms. The second-order valence-electron chi connectivity index (χ2n) is 5.59. The number of nitrogens with zero attached hydrogens (tertiary/aromatic N) is 1. The van der Waals surface area contributed by atoms with Gasteiger partial charge in [-0.2, -0.15) is 13.2 Å². The SMILES string of the molecule is O=C(CCCCCOc1cccc(Cl)c1)Nc1ccnc(C(F)(F)F)c1. The van der Waals surface area contributed by atoms with Crippen molar-refractivity contribution in [2.24, 2.45) is 0 Å². The van der Waals surface area contributed by atoms with Gasteiger partial charge in [-0.25, -0.2) is 0 Å². The average molecular weight is 387 g/mol. The predicted molar refractivity (Wildman–Crippen MR) is 93.3 cm³/mol. The number of carbonyl (C=O) groups is 1. The Morgan fingerprint density at radius 1 is 1.15 bits per heavy atom. The lowest BCUT2D eigenvalue weighted by atomic mass is 10.2. The molecule has 0 unspecified atom stereocenters. The molecule has 1 aromatic heterocycles. The number of amides is 1. The largest absolute Gasteiger partial charge is 0.494 e. The van der Waals surface area contributed by atoms with Gasteiger partial charge in [-0.3, -0.25) is 9.78 Å². The van der Waals surface area contributed by atoms with Gasteiger partial charge in [-0.05, 0) is 49.6 Å². The Hall–Kier alpha value is -2.28. The summed E-state index contributed by atoms with van der Waals surface area (Å²) in [5.41, 5.74) is -0.949. The molecule has 0 aliphatic heterocycles. The summed E-state index contributed by atoms with van der Waals surface area (Å²) in [4.78, 5) is 15.1. The van der Waals surface area contributed by atoms with Crippen LogP contribution in [0.4, 0.5) is 18.9 Å². The van der Waals surface area contributed by atoms with Crippen molar-refractivity contribution in [2.75, 3.05) is 11.9 Å². The van der Waals surface area contributed by atoms with E-state index in [1.807, 2.05) is 6.07 Å². The summed E-state index contributed by atoms with van der Waals surface area (Å²) in [5.74, 6) is 0.355. The zero-order valence-corrected chi connectivity index (χ0v) is 14.6. The number of hydrogen-bond acceptors (Lipinski definition) is 3. The molecule has 0 fully saturated rings. The second-order valence-corrected chi connectivity index (χ2v) is 6.03. The molecule has 140 valence electrons. The molecule has 0 spiro atoms. The quantitative estimate of drug-likeness (QED) is 0.624. The van der Waals surface area contributed by atoms with Crippen molar-refractivity contribution in [3.05, 3.63) is 53.3 Å². The van der Waals surface area contributed by atoms with Crippen molar-refractivity contribution in [3.8, 4) is 5.75 Å². The van der Waals surface area contributed by atoms with E-state index in [2.05, 4.69) is 10.3 Å². The molecule has 2 aromatic rings. The maximum absolute atomic E-state index is 12.6. The monoisotopic (exact) mass is 386 g/mol. The Kier molecular flexibility index (Phi) is 7.26. The third-order valence-electron chi connectivity index (χ3n) is 3.45. The van der Waals surface area contributed by atoms with Crippen LogP contribution in [0, 0.1) is 0 Å². The van der Waals surface area contributed by atoms with Crippen LogP contribution in [0.5, 0.6) is 5.75 Å². The van der Waals surface area contributed by atoms with Crippen LogP contribution in [0.2, 0.25) is 5.02 Å². The smallest absolute Gasteiger partial charge is 0.433 e. The Balaban J connectivity index is 1.65. The van der Waals surface area contributed by atoms with Crippen LogP contribution in [-0.2, 0) is 11.0 Å². The van der Waals surface area contributed by atoms with Crippen molar-refractivity contribution in [3.63, 3.8) is 0 Å². The number of aromatic nitrogens is 1. The topological polar surface area (TPSA) is 51.2 Å². The zero-order chi connectivity index (χ0) is 19.0. The van der Waals surface area contributed by atoms with Crippen LogP contribution in [0.1, 0.15) is 31.4 Å². The van der Waals surface area contributed by atoms with Crippen LogP contribution < -0.4 is 10.1 Å². The van der Waals surface area contributed by atoms with Crippen LogP contribution >= 0.6 is 11.6 Å². The summed E-state index contributed by atoms with van der Waals surface area (Å²) in [6, 6.07) is 9.23. The minimum atomic E-state index is -4.54. The lowest BCUT2D eigenvalue weighted by Crippen LogP contribution is -2.13. The lowest BCUT2D eigenvalue weighted by Gasteiger charge is -2.09. The first-order valence-corrected chi connectivity index (χ1v) is 8.44. The van der Waals surface area contributed by atoms with Crippen LogP contribution in [0.15, 0.2) is 42.6 Å². The third-order valence-corrected chi connectivity index (χ3v) is 3.68. The van der Waals surface area contributed by atoms with Crippen LogP contribution in [-0.4, -0.2) is 17.5 Å². The van der Waals surface area contributed by atoms with E-state index >= 15 is 0 Å². The van der Waals surface area contributed by atoms with E-state index in [9.17, 15) is 18.0 Å². The predicted octanol–water partition coefficient (Wildman–Crippen LogP) is 5.33. The third kappa shape index (κ3) is 6.92. The fourth-order valence-electron chi connectivity index (χ4n) is 2.20. The number of benzene rings is 1. The number of pyridine rings is 1. The second kappa shape index (κ2) is 9.43. The van der Waals surface area contributed by atoms with Crippen molar-refractivity contribution < 1.29 is 22.7 Å². The molecular weight excluding hydrogens is 369 g/mol. The highest BCUT2D eigenvalue weighted by molar-refractivity contribution is 6.30. The normalized spacial score (nSPS) is 11.2. The minimum Gasteiger partial charge on any atom is -0.494 e. The summed E-state index contributed by atoms with van der Waals surface area (Å²) in [5, 5.41) is 3.05. The van der Waals surface area contributed by atoms with E-state index in [0.717, 1.165) is 25.1 Å². The first kappa shape index (κ1) is 20.0. The molecule has 0 saturated heterocycles. The molecule has 8 heteroatoms. The maximum Gasteiger partial charge on any atom is 0.433 e. The fraction of sp³-hybridized carbons (Fsp3) is 0.333. The molecule has 2 rings (SSSR count). The minimum absolute atomic E-state index is 0.0848. The van der Waals surface area contributed by atoms with Crippen LogP contribution in [0.25, 0.3) is 0 Å². The summed E-state index contributed by atoms with van der Waals surface area (Å²) in [6.07, 6.45) is -1.16. The summed E-state index contributed by atoms with van der Waals surface area (Å²) < 4.78 is 43.3. The van der Waals surface area contributed by atoms with Gasteiger partial charge in [0.15, 0.2) is 0 Å². The number of alkyl halides is 3. The van der Waals surface area contributed by atoms with Gasteiger partial charge in [0.25, 0.3) is 0 Å². The molecule has 1 aromatic carbocycles. The molecule has 0 aliphatic carbocycles. The summed E-state index contributed by atoms with van der Waals surface area (Å²) in [7, 11) is 0. The van der Waals surface area contributed by atoms with Crippen molar-refractivity contribution in [1.29, 1.82) is 0 Å². The number of hydrogen-bond donors (Lipinski definition) is 1. The molecule has 1 amide bonds. The Morgan fingerprint density at radius 3 is 2.69 bits per heavy atom. The van der Waals surface area contributed by atoms with Gasteiger partial charge in [-0.15, -0.1) is 0 Å². The highest BCUT2D eigenvalue weighted by Crippen LogP contribution is 2.28. The number of ether oxygens (including phenoxy) is 1. The highest BCUT2D eigenvalue weighted by atomic mass is 35.5. The lowest BCUT2D eigenvalue weighted by molar-refractivity contribution is -0.141. The van der Waals surface area contributed by atoms with Gasteiger partial charge < -0.3 is 10.1 Å². The molecule has 0 aliphatic rings. The summed E-state index contributed by atoms with van der Waals surface area (Å²) >= 11 is 5.85. The molecule has 0 atom stereocenters. The van der Waals surface area contributed by atoms with Gasteiger partial charge in [-0.1, -0.05) is 17.7 Å². The fourth-order valence-corrected chi connectivity index (χ4v) is 2.38. The van der Waals surface area contributed by atoms with E-state index in [0.29, 0.717) is 23.8 Å². The number of halogens is 4. The van der Waals surface area contributed by atoms with Crippen molar-refractivity contribution in [1.82, 2.24) is 4.98 Å². The maximum atomic E-state index is 12.6.